The van der Waals surface area contributed by atoms with Crippen LogP contribution in [-0.4, -0.2) is 41.8 Å². The first kappa shape index (κ1) is 17.4. The van der Waals surface area contributed by atoms with Gasteiger partial charge in [-0.3, -0.25) is 4.79 Å². The van der Waals surface area contributed by atoms with Gasteiger partial charge in [-0.05, 0) is 24.3 Å². The number of carbonyl (C=O) groups is 1. The number of halogens is 4. The van der Waals surface area contributed by atoms with Gasteiger partial charge in [0, 0.05) is 12.6 Å². The van der Waals surface area contributed by atoms with Crippen LogP contribution in [0.2, 0.25) is 5.02 Å². The third-order valence-electron chi connectivity index (χ3n) is 3.13. The van der Waals surface area contributed by atoms with Gasteiger partial charge in [0.25, 0.3) is 5.91 Å². The van der Waals surface area contributed by atoms with Gasteiger partial charge in [0.15, 0.2) is 11.9 Å². The predicted octanol–water partition coefficient (Wildman–Crippen LogP) is 3.60. The van der Waals surface area contributed by atoms with Crippen LogP contribution in [0.25, 0.3) is 11.3 Å². The molecule has 0 aliphatic rings. The Morgan fingerprint density at radius 1 is 1.30 bits per heavy atom. The molecule has 23 heavy (non-hydrogen) atoms. The molecular formula is C15H13ClF3NO3. The molecule has 1 amide bonds. The average molecular weight is 348 g/mol. The van der Waals surface area contributed by atoms with Crippen LogP contribution >= 0.6 is 11.6 Å². The Labute approximate surface area is 135 Å². The fraction of sp³-hybridized carbons (Fsp3) is 0.267. The molecule has 0 aliphatic carbocycles. The van der Waals surface area contributed by atoms with Gasteiger partial charge in [0.05, 0.1) is 11.6 Å². The number of hydrogen-bond acceptors (Lipinski definition) is 3. The predicted molar refractivity (Wildman–Crippen MR) is 78.2 cm³/mol. The Morgan fingerprint density at radius 3 is 2.57 bits per heavy atom. The number of aliphatic hydroxyl groups excluding tert-OH is 1. The van der Waals surface area contributed by atoms with E-state index in [9.17, 15) is 18.0 Å². The van der Waals surface area contributed by atoms with E-state index in [0.29, 0.717) is 16.3 Å². The minimum atomic E-state index is -4.79. The zero-order valence-electron chi connectivity index (χ0n) is 12.0. The summed E-state index contributed by atoms with van der Waals surface area (Å²) < 4.78 is 42.3. The van der Waals surface area contributed by atoms with Crippen LogP contribution in [0.4, 0.5) is 13.2 Å². The number of furan rings is 1. The number of hydrogen-bond donors (Lipinski definition) is 1. The van der Waals surface area contributed by atoms with E-state index in [1.54, 1.807) is 24.3 Å². The van der Waals surface area contributed by atoms with Gasteiger partial charge in [0.2, 0.25) is 0 Å². The lowest BCUT2D eigenvalue weighted by atomic mass is 10.2. The summed E-state index contributed by atoms with van der Waals surface area (Å²) in [5, 5.41) is 9.42. The van der Waals surface area contributed by atoms with E-state index in [4.69, 9.17) is 21.1 Å². The largest absolute Gasteiger partial charge is 0.451 e. The molecule has 1 unspecified atom stereocenters. The Balaban J connectivity index is 2.14. The molecule has 2 rings (SSSR count). The molecule has 0 radical (unpaired) electrons. The molecule has 1 N–H and O–H groups in total. The number of aliphatic hydroxyl groups is 1. The third kappa shape index (κ3) is 4.05. The second-order valence-corrected chi connectivity index (χ2v) is 5.29. The minimum absolute atomic E-state index is 0.142. The SMILES string of the molecule is CN(CC(O)C(F)(F)F)C(=O)c1ccc(-c2ccccc2Cl)o1. The zero-order chi connectivity index (χ0) is 17.2. The molecule has 8 heteroatoms. The highest BCUT2D eigenvalue weighted by atomic mass is 35.5. The Morgan fingerprint density at radius 2 is 1.96 bits per heavy atom. The van der Waals surface area contributed by atoms with Crippen LogP contribution in [0.15, 0.2) is 40.8 Å². The molecule has 1 heterocycles. The van der Waals surface area contributed by atoms with Gasteiger partial charge in [-0.1, -0.05) is 23.7 Å². The highest BCUT2D eigenvalue weighted by Gasteiger charge is 2.39. The van der Waals surface area contributed by atoms with Crippen molar-refractivity contribution in [3.63, 3.8) is 0 Å². The summed E-state index contributed by atoms with van der Waals surface area (Å²) >= 11 is 6.02. The van der Waals surface area contributed by atoms with E-state index in [1.807, 2.05) is 0 Å². The minimum Gasteiger partial charge on any atom is -0.451 e. The molecule has 0 saturated heterocycles. The zero-order valence-corrected chi connectivity index (χ0v) is 12.7. The maximum Gasteiger partial charge on any atom is 0.416 e. The van der Waals surface area contributed by atoms with Crippen LogP contribution in [0, 0.1) is 0 Å². The standard InChI is InChI=1S/C15H13ClF3NO3/c1-20(8-13(21)15(17,18)19)14(22)12-7-6-11(23-12)9-4-2-3-5-10(9)16/h2-7,13,21H,8H2,1H3. The van der Waals surface area contributed by atoms with Gasteiger partial charge in [-0.15, -0.1) is 0 Å². The Bertz CT molecular complexity index is 699. The topological polar surface area (TPSA) is 53.7 Å². The molecule has 0 bridgehead atoms. The van der Waals surface area contributed by atoms with Crippen molar-refractivity contribution in [3.05, 3.63) is 47.2 Å². The summed E-state index contributed by atoms with van der Waals surface area (Å²) in [6.45, 7) is -0.884. The lowest BCUT2D eigenvalue weighted by molar-refractivity contribution is -0.205. The van der Waals surface area contributed by atoms with Crippen molar-refractivity contribution in [2.24, 2.45) is 0 Å². The van der Waals surface area contributed by atoms with Crippen LogP contribution in [0.3, 0.4) is 0 Å². The van der Waals surface area contributed by atoms with Crippen LogP contribution in [0.5, 0.6) is 0 Å². The second kappa shape index (κ2) is 6.64. The van der Waals surface area contributed by atoms with E-state index in [1.165, 1.54) is 12.1 Å². The number of carbonyl (C=O) groups excluding carboxylic acids is 1. The molecule has 1 aromatic carbocycles. The molecule has 1 aromatic heterocycles. The first-order chi connectivity index (χ1) is 10.7. The van der Waals surface area contributed by atoms with E-state index in [-0.39, 0.29) is 5.76 Å². The van der Waals surface area contributed by atoms with Crippen molar-refractivity contribution in [2.45, 2.75) is 12.3 Å². The second-order valence-electron chi connectivity index (χ2n) is 4.89. The van der Waals surface area contributed by atoms with E-state index in [2.05, 4.69) is 0 Å². The summed E-state index contributed by atoms with van der Waals surface area (Å²) in [6.07, 6.45) is -7.41. The number of nitrogens with zero attached hydrogens (tertiary/aromatic N) is 1. The van der Waals surface area contributed by atoms with Gasteiger partial charge < -0.3 is 14.4 Å². The van der Waals surface area contributed by atoms with Crippen molar-refractivity contribution in [1.29, 1.82) is 0 Å². The first-order valence-electron chi connectivity index (χ1n) is 6.55. The molecule has 124 valence electrons. The monoisotopic (exact) mass is 347 g/mol. The molecule has 0 spiro atoms. The van der Waals surface area contributed by atoms with E-state index >= 15 is 0 Å². The van der Waals surface area contributed by atoms with Gasteiger partial charge in [-0.2, -0.15) is 13.2 Å². The average Bonchev–Trinajstić information content (AvgIpc) is 2.95. The van der Waals surface area contributed by atoms with Crippen LogP contribution in [-0.2, 0) is 0 Å². The summed E-state index contributed by atoms with van der Waals surface area (Å²) in [5.41, 5.74) is 0.561. The molecule has 0 saturated carbocycles. The fourth-order valence-electron chi connectivity index (χ4n) is 1.89. The van der Waals surface area contributed by atoms with Crippen molar-refractivity contribution in [2.75, 3.05) is 13.6 Å². The van der Waals surface area contributed by atoms with Gasteiger partial charge in [0.1, 0.15) is 5.76 Å². The number of amides is 1. The molecular weight excluding hydrogens is 335 g/mol. The molecule has 4 nitrogen and oxygen atoms in total. The lowest BCUT2D eigenvalue weighted by Gasteiger charge is -2.21. The molecule has 0 aliphatic heterocycles. The van der Waals surface area contributed by atoms with E-state index in [0.717, 1.165) is 11.9 Å². The van der Waals surface area contributed by atoms with Gasteiger partial charge in [-0.25, -0.2) is 0 Å². The molecule has 0 fully saturated rings. The van der Waals surface area contributed by atoms with Crippen molar-refractivity contribution >= 4 is 17.5 Å². The summed E-state index contributed by atoms with van der Waals surface area (Å²) in [6, 6.07) is 9.64. The van der Waals surface area contributed by atoms with Crippen molar-refractivity contribution in [1.82, 2.24) is 4.90 Å². The lowest BCUT2D eigenvalue weighted by Crippen LogP contribution is -2.41. The highest BCUT2D eigenvalue weighted by Crippen LogP contribution is 2.29. The highest BCUT2D eigenvalue weighted by molar-refractivity contribution is 6.33. The fourth-order valence-corrected chi connectivity index (χ4v) is 2.12. The Kier molecular flexibility index (Phi) is 5.01. The van der Waals surface area contributed by atoms with Crippen LogP contribution < -0.4 is 0 Å². The molecule has 1 atom stereocenters. The first-order valence-corrected chi connectivity index (χ1v) is 6.93. The third-order valence-corrected chi connectivity index (χ3v) is 3.46. The van der Waals surface area contributed by atoms with E-state index < -0.39 is 24.7 Å². The van der Waals surface area contributed by atoms with Crippen molar-refractivity contribution in [3.8, 4) is 11.3 Å². The maximum atomic E-state index is 12.3. The maximum absolute atomic E-state index is 12.3. The van der Waals surface area contributed by atoms with Crippen LogP contribution in [0.1, 0.15) is 10.6 Å². The number of likely N-dealkylation sites (N-methyl/N-ethyl adjacent to an activating group) is 1. The quantitative estimate of drug-likeness (QED) is 0.919. The normalized spacial score (nSPS) is 13.0. The number of rotatable bonds is 4. The number of alkyl halides is 3. The Hall–Kier alpha value is -1.99. The van der Waals surface area contributed by atoms with Crippen molar-refractivity contribution < 1.29 is 27.5 Å². The molecule has 2 aromatic rings. The summed E-state index contributed by atoms with van der Waals surface area (Å²) in [5.74, 6) is -0.591. The summed E-state index contributed by atoms with van der Waals surface area (Å²) in [4.78, 5) is 12.8. The smallest absolute Gasteiger partial charge is 0.416 e. The van der Waals surface area contributed by atoms with Gasteiger partial charge >= 0.3 is 6.18 Å². The summed E-state index contributed by atoms with van der Waals surface area (Å²) in [7, 11) is 1.15. The number of benzene rings is 1.